The van der Waals surface area contributed by atoms with Crippen molar-refractivity contribution in [3.05, 3.63) is 48.0 Å². The van der Waals surface area contributed by atoms with Crippen LogP contribution in [-0.4, -0.2) is 24.2 Å². The molecule has 0 aromatic carbocycles. The van der Waals surface area contributed by atoms with E-state index in [1.54, 1.807) is 32.7 Å². The SMILES string of the molecule is COc1ccnc(CN[C@@H](C)c2cccnc2)c1OC. The van der Waals surface area contributed by atoms with Crippen molar-refractivity contribution in [1.82, 2.24) is 15.3 Å². The van der Waals surface area contributed by atoms with Crippen LogP contribution in [-0.2, 0) is 6.54 Å². The first kappa shape index (κ1) is 14.3. The fraction of sp³-hybridized carbons (Fsp3) is 0.333. The van der Waals surface area contributed by atoms with Gasteiger partial charge in [-0.15, -0.1) is 0 Å². The molecule has 2 rings (SSSR count). The standard InChI is InChI=1S/C15H19N3O2/c1-11(12-5-4-7-16-9-12)18-10-13-15(20-3)14(19-2)6-8-17-13/h4-9,11,18H,10H2,1-3H3/t11-/m0/s1. The Morgan fingerprint density at radius 3 is 2.70 bits per heavy atom. The predicted molar refractivity (Wildman–Crippen MR) is 76.8 cm³/mol. The smallest absolute Gasteiger partial charge is 0.183 e. The molecular weight excluding hydrogens is 254 g/mol. The van der Waals surface area contributed by atoms with Gasteiger partial charge in [-0.1, -0.05) is 6.07 Å². The monoisotopic (exact) mass is 273 g/mol. The van der Waals surface area contributed by atoms with Gasteiger partial charge in [0.1, 0.15) is 0 Å². The Kier molecular flexibility index (Phi) is 4.90. The summed E-state index contributed by atoms with van der Waals surface area (Å²) in [5.74, 6) is 1.36. The summed E-state index contributed by atoms with van der Waals surface area (Å²) in [6.45, 7) is 2.68. The Bertz CT molecular complexity index is 546. The molecule has 0 fully saturated rings. The summed E-state index contributed by atoms with van der Waals surface area (Å²) in [5.41, 5.74) is 1.96. The van der Waals surface area contributed by atoms with Crippen LogP contribution in [0.25, 0.3) is 0 Å². The van der Waals surface area contributed by atoms with Crippen molar-refractivity contribution < 1.29 is 9.47 Å². The summed E-state index contributed by atoms with van der Waals surface area (Å²) in [6, 6.07) is 5.94. The molecule has 0 aliphatic heterocycles. The van der Waals surface area contributed by atoms with Gasteiger partial charge in [-0.05, 0) is 18.6 Å². The van der Waals surface area contributed by atoms with Crippen LogP contribution >= 0.6 is 0 Å². The molecule has 2 heterocycles. The Balaban J connectivity index is 2.07. The van der Waals surface area contributed by atoms with Crippen LogP contribution in [0.1, 0.15) is 24.2 Å². The highest BCUT2D eigenvalue weighted by molar-refractivity contribution is 5.42. The lowest BCUT2D eigenvalue weighted by Crippen LogP contribution is -2.19. The summed E-state index contributed by atoms with van der Waals surface area (Å²) in [5, 5.41) is 3.40. The Hall–Kier alpha value is -2.14. The van der Waals surface area contributed by atoms with Gasteiger partial charge in [0.05, 0.1) is 19.9 Å². The molecule has 106 valence electrons. The zero-order chi connectivity index (χ0) is 14.4. The highest BCUT2D eigenvalue weighted by Gasteiger charge is 2.12. The Labute approximate surface area is 119 Å². The molecule has 0 saturated heterocycles. The van der Waals surface area contributed by atoms with E-state index in [4.69, 9.17) is 9.47 Å². The normalized spacial score (nSPS) is 11.9. The minimum absolute atomic E-state index is 0.182. The third-order valence-corrected chi connectivity index (χ3v) is 3.13. The van der Waals surface area contributed by atoms with Crippen molar-refractivity contribution in [3.63, 3.8) is 0 Å². The van der Waals surface area contributed by atoms with Gasteiger partial charge in [0, 0.05) is 37.2 Å². The van der Waals surface area contributed by atoms with Crippen molar-refractivity contribution in [3.8, 4) is 11.5 Å². The van der Waals surface area contributed by atoms with Crippen LogP contribution in [0.15, 0.2) is 36.8 Å². The van der Waals surface area contributed by atoms with E-state index in [0.717, 1.165) is 11.3 Å². The van der Waals surface area contributed by atoms with Gasteiger partial charge in [-0.3, -0.25) is 9.97 Å². The van der Waals surface area contributed by atoms with E-state index in [1.807, 2.05) is 18.3 Å². The third kappa shape index (κ3) is 3.24. The first-order valence-corrected chi connectivity index (χ1v) is 6.45. The van der Waals surface area contributed by atoms with Gasteiger partial charge in [0.15, 0.2) is 11.5 Å². The van der Waals surface area contributed by atoms with Crippen LogP contribution in [0.2, 0.25) is 0 Å². The fourth-order valence-electron chi connectivity index (χ4n) is 1.98. The summed E-state index contributed by atoms with van der Waals surface area (Å²) in [7, 11) is 3.24. The second kappa shape index (κ2) is 6.86. The minimum Gasteiger partial charge on any atom is -0.493 e. The molecule has 0 radical (unpaired) electrons. The molecule has 0 spiro atoms. The molecule has 0 saturated carbocycles. The molecular formula is C15H19N3O2. The molecule has 1 atom stereocenters. The molecule has 1 N–H and O–H groups in total. The molecule has 0 unspecified atom stereocenters. The number of hydrogen-bond acceptors (Lipinski definition) is 5. The van der Waals surface area contributed by atoms with Gasteiger partial charge in [-0.2, -0.15) is 0 Å². The van der Waals surface area contributed by atoms with E-state index in [1.165, 1.54) is 0 Å². The van der Waals surface area contributed by atoms with E-state index in [-0.39, 0.29) is 6.04 Å². The van der Waals surface area contributed by atoms with E-state index in [9.17, 15) is 0 Å². The van der Waals surface area contributed by atoms with Crippen molar-refractivity contribution in [1.29, 1.82) is 0 Å². The van der Waals surface area contributed by atoms with Gasteiger partial charge in [0.2, 0.25) is 0 Å². The third-order valence-electron chi connectivity index (χ3n) is 3.13. The molecule has 0 aliphatic carbocycles. The summed E-state index contributed by atoms with van der Waals surface area (Å²) >= 11 is 0. The summed E-state index contributed by atoms with van der Waals surface area (Å²) in [6.07, 6.45) is 5.34. The number of methoxy groups -OCH3 is 2. The second-order valence-corrected chi connectivity index (χ2v) is 4.38. The van der Waals surface area contributed by atoms with Crippen LogP contribution in [0, 0.1) is 0 Å². The molecule has 20 heavy (non-hydrogen) atoms. The zero-order valence-electron chi connectivity index (χ0n) is 12.0. The van der Waals surface area contributed by atoms with Crippen molar-refractivity contribution in [2.24, 2.45) is 0 Å². The summed E-state index contributed by atoms with van der Waals surface area (Å²) in [4.78, 5) is 8.46. The number of rotatable bonds is 6. The molecule has 0 aliphatic rings. The number of nitrogens with zero attached hydrogens (tertiary/aromatic N) is 2. The average Bonchev–Trinajstić information content (AvgIpc) is 2.52. The second-order valence-electron chi connectivity index (χ2n) is 4.38. The maximum Gasteiger partial charge on any atom is 0.183 e. The number of pyridine rings is 2. The van der Waals surface area contributed by atoms with Crippen molar-refractivity contribution >= 4 is 0 Å². The van der Waals surface area contributed by atoms with Gasteiger partial charge in [-0.25, -0.2) is 0 Å². The maximum absolute atomic E-state index is 5.37. The average molecular weight is 273 g/mol. The molecule has 0 amide bonds. The molecule has 5 nitrogen and oxygen atoms in total. The van der Waals surface area contributed by atoms with Crippen LogP contribution < -0.4 is 14.8 Å². The van der Waals surface area contributed by atoms with E-state index in [0.29, 0.717) is 18.0 Å². The molecule has 2 aromatic heterocycles. The number of hydrogen-bond donors (Lipinski definition) is 1. The van der Waals surface area contributed by atoms with Crippen LogP contribution in [0.4, 0.5) is 0 Å². The topological polar surface area (TPSA) is 56.3 Å². The first-order chi connectivity index (χ1) is 9.76. The first-order valence-electron chi connectivity index (χ1n) is 6.45. The maximum atomic E-state index is 5.37. The predicted octanol–water partition coefficient (Wildman–Crippen LogP) is 2.34. The fourth-order valence-corrected chi connectivity index (χ4v) is 1.98. The van der Waals surface area contributed by atoms with Gasteiger partial charge < -0.3 is 14.8 Å². The van der Waals surface area contributed by atoms with E-state index >= 15 is 0 Å². The Morgan fingerprint density at radius 1 is 1.20 bits per heavy atom. The lowest BCUT2D eigenvalue weighted by molar-refractivity contribution is 0.347. The van der Waals surface area contributed by atoms with Gasteiger partial charge >= 0.3 is 0 Å². The highest BCUT2D eigenvalue weighted by Crippen LogP contribution is 2.29. The lowest BCUT2D eigenvalue weighted by atomic mass is 10.1. The van der Waals surface area contributed by atoms with Crippen molar-refractivity contribution in [2.75, 3.05) is 14.2 Å². The zero-order valence-corrected chi connectivity index (χ0v) is 12.0. The quantitative estimate of drug-likeness (QED) is 0.875. The van der Waals surface area contributed by atoms with Crippen molar-refractivity contribution in [2.45, 2.75) is 19.5 Å². The Morgan fingerprint density at radius 2 is 2.05 bits per heavy atom. The largest absolute Gasteiger partial charge is 0.493 e. The number of aromatic nitrogens is 2. The number of nitrogens with one attached hydrogen (secondary N) is 1. The van der Waals surface area contributed by atoms with Gasteiger partial charge in [0.25, 0.3) is 0 Å². The highest BCUT2D eigenvalue weighted by atomic mass is 16.5. The molecule has 0 bridgehead atoms. The van der Waals surface area contributed by atoms with Crippen LogP contribution in [0.3, 0.4) is 0 Å². The van der Waals surface area contributed by atoms with Crippen LogP contribution in [0.5, 0.6) is 11.5 Å². The van der Waals surface area contributed by atoms with E-state index in [2.05, 4.69) is 22.2 Å². The number of ether oxygens (including phenoxy) is 2. The molecule has 5 heteroatoms. The van der Waals surface area contributed by atoms with E-state index < -0.39 is 0 Å². The molecule has 2 aromatic rings. The minimum atomic E-state index is 0.182. The summed E-state index contributed by atoms with van der Waals surface area (Å²) < 4.78 is 10.6. The lowest BCUT2D eigenvalue weighted by Gasteiger charge is -2.16.